The molecule has 0 aromatic heterocycles. The van der Waals surface area contributed by atoms with Crippen LogP contribution in [0.25, 0.3) is 0 Å². The molecule has 22 heavy (non-hydrogen) atoms. The van der Waals surface area contributed by atoms with Crippen LogP contribution < -0.4 is 15.4 Å². The monoisotopic (exact) mass is 329 g/mol. The fraction of sp³-hybridized carbons (Fsp3) is 0.500. The number of carbonyl (C=O) groups excluding carboxylic acids is 1. The first-order chi connectivity index (χ1) is 10.5. The molecule has 1 aliphatic heterocycles. The average Bonchev–Trinajstić information content (AvgIpc) is 2.48. The lowest BCUT2D eigenvalue weighted by Crippen LogP contribution is -2.46. The second-order valence-corrected chi connectivity index (χ2v) is 6.98. The summed E-state index contributed by atoms with van der Waals surface area (Å²) >= 11 is 0. The molecule has 1 aromatic rings. The number of halogens is 1. The van der Waals surface area contributed by atoms with Gasteiger partial charge in [-0.2, -0.15) is 0 Å². The van der Waals surface area contributed by atoms with Crippen LogP contribution in [0.1, 0.15) is 19.3 Å². The largest absolute Gasteiger partial charge is 0.352 e. The number of rotatable bonds is 6. The van der Waals surface area contributed by atoms with Gasteiger partial charge in [-0.15, -0.1) is 0 Å². The maximum atomic E-state index is 12.8. The lowest BCUT2D eigenvalue weighted by atomic mass is 10.1. The van der Waals surface area contributed by atoms with E-state index in [2.05, 4.69) is 15.4 Å². The highest BCUT2D eigenvalue weighted by atomic mass is 32.2. The third-order valence-electron chi connectivity index (χ3n) is 3.43. The van der Waals surface area contributed by atoms with E-state index < -0.39 is 15.8 Å². The fourth-order valence-electron chi connectivity index (χ4n) is 2.27. The first kappa shape index (κ1) is 16.9. The molecule has 8 heteroatoms. The molecule has 1 heterocycles. The van der Waals surface area contributed by atoms with E-state index in [-0.39, 0.29) is 29.8 Å². The van der Waals surface area contributed by atoms with Crippen LogP contribution in [-0.4, -0.2) is 40.0 Å². The van der Waals surface area contributed by atoms with Crippen LogP contribution in [0, 0.1) is 5.82 Å². The summed E-state index contributed by atoms with van der Waals surface area (Å²) in [6.07, 6.45) is 2.01. The molecule has 0 radical (unpaired) electrons. The third-order valence-corrected chi connectivity index (χ3v) is 4.91. The van der Waals surface area contributed by atoms with E-state index in [9.17, 15) is 17.6 Å². The molecule has 0 bridgehead atoms. The van der Waals surface area contributed by atoms with Crippen LogP contribution in [0.5, 0.6) is 0 Å². The molecule has 1 saturated heterocycles. The molecule has 6 nitrogen and oxygen atoms in total. The summed E-state index contributed by atoms with van der Waals surface area (Å²) in [5.74, 6) is -0.685. The summed E-state index contributed by atoms with van der Waals surface area (Å²) < 4.78 is 39.0. The lowest BCUT2D eigenvalue weighted by Gasteiger charge is -2.23. The molecule has 0 aliphatic carbocycles. The predicted octanol–water partition coefficient (Wildman–Crippen LogP) is 0.362. The Kier molecular flexibility index (Phi) is 5.87. The standard InChI is InChI=1S/C14H20FN3O3S/c15-11-3-5-13(6-4-11)22(20,21)17-9-7-14(19)18-12-2-1-8-16-10-12/h3-6,12,16-17H,1-2,7-10H2,(H,18,19). The van der Waals surface area contributed by atoms with E-state index in [0.717, 1.165) is 38.1 Å². The van der Waals surface area contributed by atoms with Crippen molar-refractivity contribution in [1.29, 1.82) is 0 Å². The van der Waals surface area contributed by atoms with Gasteiger partial charge in [0.1, 0.15) is 5.82 Å². The summed E-state index contributed by atoms with van der Waals surface area (Å²) in [6.45, 7) is 1.71. The average molecular weight is 329 g/mol. The molecular weight excluding hydrogens is 309 g/mol. The van der Waals surface area contributed by atoms with E-state index in [0.29, 0.717) is 0 Å². The van der Waals surface area contributed by atoms with Crippen molar-refractivity contribution in [2.45, 2.75) is 30.2 Å². The highest BCUT2D eigenvalue weighted by molar-refractivity contribution is 7.89. The van der Waals surface area contributed by atoms with Crippen molar-refractivity contribution in [3.8, 4) is 0 Å². The lowest BCUT2D eigenvalue weighted by molar-refractivity contribution is -0.121. The van der Waals surface area contributed by atoms with Crippen LogP contribution in [-0.2, 0) is 14.8 Å². The van der Waals surface area contributed by atoms with Crippen molar-refractivity contribution in [2.24, 2.45) is 0 Å². The Hall–Kier alpha value is -1.51. The quantitative estimate of drug-likeness (QED) is 0.703. The highest BCUT2D eigenvalue weighted by Crippen LogP contribution is 2.09. The van der Waals surface area contributed by atoms with Gasteiger partial charge in [-0.1, -0.05) is 0 Å². The summed E-state index contributed by atoms with van der Waals surface area (Å²) in [5, 5.41) is 6.06. The van der Waals surface area contributed by atoms with Crippen molar-refractivity contribution in [2.75, 3.05) is 19.6 Å². The van der Waals surface area contributed by atoms with Crippen molar-refractivity contribution in [3.05, 3.63) is 30.1 Å². The SMILES string of the molecule is O=C(CCNS(=O)(=O)c1ccc(F)cc1)NC1CCCNC1. The van der Waals surface area contributed by atoms with Gasteiger partial charge in [-0.05, 0) is 43.7 Å². The van der Waals surface area contributed by atoms with Crippen molar-refractivity contribution in [3.63, 3.8) is 0 Å². The fourth-order valence-corrected chi connectivity index (χ4v) is 3.30. The smallest absolute Gasteiger partial charge is 0.240 e. The minimum atomic E-state index is -3.71. The number of amides is 1. The van der Waals surface area contributed by atoms with Crippen LogP contribution in [0.2, 0.25) is 0 Å². The van der Waals surface area contributed by atoms with Crippen LogP contribution in [0.4, 0.5) is 4.39 Å². The molecule has 0 saturated carbocycles. The van der Waals surface area contributed by atoms with Gasteiger partial charge in [0.05, 0.1) is 4.90 Å². The number of benzene rings is 1. The van der Waals surface area contributed by atoms with Gasteiger partial charge in [0.2, 0.25) is 15.9 Å². The Balaban J connectivity index is 1.77. The summed E-state index contributed by atoms with van der Waals surface area (Å²) in [7, 11) is -3.71. The Bertz CT molecular complexity index is 598. The van der Waals surface area contributed by atoms with E-state index >= 15 is 0 Å². The highest BCUT2D eigenvalue weighted by Gasteiger charge is 2.17. The number of nitrogens with one attached hydrogen (secondary N) is 3. The Morgan fingerprint density at radius 1 is 1.32 bits per heavy atom. The maximum absolute atomic E-state index is 12.8. The minimum Gasteiger partial charge on any atom is -0.352 e. The molecular formula is C14H20FN3O3S. The van der Waals surface area contributed by atoms with E-state index in [1.807, 2.05) is 0 Å². The van der Waals surface area contributed by atoms with E-state index in [1.165, 1.54) is 12.1 Å². The topological polar surface area (TPSA) is 87.3 Å². The zero-order valence-corrected chi connectivity index (χ0v) is 13.0. The van der Waals surface area contributed by atoms with Gasteiger partial charge in [-0.3, -0.25) is 4.79 Å². The molecule has 1 unspecified atom stereocenters. The Morgan fingerprint density at radius 3 is 2.68 bits per heavy atom. The van der Waals surface area contributed by atoms with Gasteiger partial charge in [0, 0.05) is 25.6 Å². The molecule has 3 N–H and O–H groups in total. The number of hydrogen-bond acceptors (Lipinski definition) is 4. The Morgan fingerprint density at radius 2 is 2.05 bits per heavy atom. The van der Waals surface area contributed by atoms with E-state index in [4.69, 9.17) is 0 Å². The molecule has 1 fully saturated rings. The summed E-state index contributed by atoms with van der Waals surface area (Å²) in [6, 6.07) is 4.64. The summed E-state index contributed by atoms with van der Waals surface area (Å²) in [4.78, 5) is 11.7. The Labute approximate surface area is 129 Å². The van der Waals surface area contributed by atoms with Gasteiger partial charge in [-0.25, -0.2) is 17.5 Å². The maximum Gasteiger partial charge on any atom is 0.240 e. The first-order valence-electron chi connectivity index (χ1n) is 7.23. The van der Waals surface area contributed by atoms with Crippen LogP contribution >= 0.6 is 0 Å². The predicted molar refractivity (Wildman–Crippen MR) is 80.2 cm³/mol. The zero-order chi connectivity index (χ0) is 16.0. The zero-order valence-electron chi connectivity index (χ0n) is 12.1. The van der Waals surface area contributed by atoms with E-state index in [1.54, 1.807) is 0 Å². The van der Waals surface area contributed by atoms with Crippen LogP contribution in [0.3, 0.4) is 0 Å². The number of sulfonamides is 1. The van der Waals surface area contributed by atoms with Gasteiger partial charge in [0.25, 0.3) is 0 Å². The molecule has 1 aliphatic rings. The van der Waals surface area contributed by atoms with Crippen LogP contribution in [0.15, 0.2) is 29.2 Å². The first-order valence-corrected chi connectivity index (χ1v) is 8.71. The minimum absolute atomic E-state index is 0.00565. The van der Waals surface area contributed by atoms with Gasteiger partial charge < -0.3 is 10.6 Å². The molecule has 122 valence electrons. The third kappa shape index (κ3) is 5.04. The number of carbonyl (C=O) groups is 1. The molecule has 1 atom stereocenters. The number of piperidine rings is 1. The number of hydrogen-bond donors (Lipinski definition) is 3. The second-order valence-electron chi connectivity index (χ2n) is 5.21. The van der Waals surface area contributed by atoms with Gasteiger partial charge in [0.15, 0.2) is 0 Å². The molecule has 0 spiro atoms. The second kappa shape index (κ2) is 7.66. The molecule has 1 aromatic carbocycles. The molecule has 2 rings (SSSR count). The van der Waals surface area contributed by atoms with Crippen molar-refractivity contribution in [1.82, 2.24) is 15.4 Å². The molecule has 1 amide bonds. The van der Waals surface area contributed by atoms with Crippen molar-refractivity contribution < 1.29 is 17.6 Å². The van der Waals surface area contributed by atoms with Gasteiger partial charge >= 0.3 is 0 Å². The summed E-state index contributed by atoms with van der Waals surface area (Å²) in [5.41, 5.74) is 0. The van der Waals surface area contributed by atoms with Crippen molar-refractivity contribution >= 4 is 15.9 Å². The normalized spacial score (nSPS) is 18.9.